The number of nitrogens with zero attached hydrogens (tertiary/aromatic N) is 4. The first-order valence-electron chi connectivity index (χ1n) is 19.3. The fourth-order valence-electron chi connectivity index (χ4n) is 7.17. The van der Waals surface area contributed by atoms with Crippen molar-refractivity contribution in [2.75, 3.05) is 34.4 Å². The summed E-state index contributed by atoms with van der Waals surface area (Å²) in [6, 6.07) is 6.19. The highest BCUT2D eigenvalue weighted by Gasteiger charge is 2.31. The Morgan fingerprint density at radius 1 is 0.800 bits per heavy atom. The van der Waals surface area contributed by atoms with Crippen LogP contribution < -0.4 is 20.1 Å². The molecule has 6 rings (SSSR count). The third kappa shape index (κ3) is 9.14. The van der Waals surface area contributed by atoms with Crippen molar-refractivity contribution in [2.45, 2.75) is 58.7 Å². The highest BCUT2D eigenvalue weighted by molar-refractivity contribution is 5.89. The zero-order chi connectivity index (χ0) is 43.1. The molecule has 0 saturated carbocycles. The van der Waals surface area contributed by atoms with Crippen LogP contribution in [0.3, 0.4) is 0 Å². The van der Waals surface area contributed by atoms with E-state index in [1.807, 2.05) is 31.2 Å². The van der Waals surface area contributed by atoms with E-state index in [1.54, 1.807) is 35.2 Å². The molecule has 0 bridgehead atoms. The predicted octanol–water partition coefficient (Wildman–Crippen LogP) is 5.60. The number of carbonyl (C=O) groups excluding carboxylic acids is 4. The lowest BCUT2D eigenvalue weighted by atomic mass is 9.87. The summed E-state index contributed by atoms with van der Waals surface area (Å²) in [5, 5.41) is 5.03. The second-order valence-corrected chi connectivity index (χ2v) is 14.3. The molecule has 1 unspecified atom stereocenters. The number of amides is 4. The third-order valence-corrected chi connectivity index (χ3v) is 10.3. The van der Waals surface area contributed by atoms with Crippen LogP contribution in [0.2, 0.25) is 0 Å². The summed E-state index contributed by atoms with van der Waals surface area (Å²) >= 11 is 0. The van der Waals surface area contributed by atoms with E-state index in [0.29, 0.717) is 60.8 Å². The number of methoxy groups -OCH3 is 3. The summed E-state index contributed by atoms with van der Waals surface area (Å²) in [5.41, 5.74) is 6.93. The van der Waals surface area contributed by atoms with Gasteiger partial charge < -0.3 is 54.1 Å². The number of hydrogen-bond acceptors (Lipinski definition) is 11. The molecule has 3 atom stereocenters. The van der Waals surface area contributed by atoms with Crippen LogP contribution in [0.25, 0.3) is 33.6 Å². The predicted molar refractivity (Wildman–Crippen MR) is 221 cm³/mol. The van der Waals surface area contributed by atoms with Crippen LogP contribution in [-0.4, -0.2) is 100 Å². The maximum Gasteiger partial charge on any atom is 0.407 e. The number of carbonyl (C=O) groups is 4. The highest BCUT2D eigenvalue weighted by Crippen LogP contribution is 2.50. The minimum atomic E-state index is -0.949. The lowest BCUT2D eigenvalue weighted by molar-refractivity contribution is -0.134. The Morgan fingerprint density at radius 2 is 1.33 bits per heavy atom. The number of hydrogen-bond donors (Lipinski definition) is 4. The number of ether oxygens (including phenoxy) is 5. The number of benzene rings is 2. The molecule has 2 aliphatic rings. The minimum Gasteiger partial charge on any atom is -0.501 e. The molecule has 4 aromatic rings. The van der Waals surface area contributed by atoms with Crippen molar-refractivity contribution in [3.63, 3.8) is 0 Å². The van der Waals surface area contributed by atoms with Gasteiger partial charge in [-0.3, -0.25) is 9.59 Å². The Bertz CT molecular complexity index is 2250. The zero-order valence-corrected chi connectivity index (χ0v) is 34.4. The molecule has 4 heterocycles. The van der Waals surface area contributed by atoms with Gasteiger partial charge in [-0.15, -0.1) is 13.2 Å². The van der Waals surface area contributed by atoms with Crippen LogP contribution in [0.1, 0.15) is 43.0 Å². The van der Waals surface area contributed by atoms with Crippen molar-refractivity contribution in [3.8, 4) is 45.1 Å². The van der Waals surface area contributed by atoms with Crippen LogP contribution in [-0.2, 0) is 50.1 Å². The Kier molecular flexibility index (Phi) is 13.3. The molecule has 4 N–H and O–H groups in total. The van der Waals surface area contributed by atoms with Gasteiger partial charge in [-0.2, -0.15) is 0 Å². The molecule has 4 amide bonds. The monoisotopic (exact) mass is 822 g/mol. The summed E-state index contributed by atoms with van der Waals surface area (Å²) < 4.78 is 27.4. The molecule has 2 aromatic carbocycles. The van der Waals surface area contributed by atoms with E-state index in [1.165, 1.54) is 27.4 Å². The molecule has 0 spiro atoms. The topological polar surface area (TPSA) is 202 Å². The van der Waals surface area contributed by atoms with E-state index in [2.05, 4.69) is 55.0 Å². The molecule has 60 heavy (non-hydrogen) atoms. The molecule has 0 saturated heterocycles. The van der Waals surface area contributed by atoms with Gasteiger partial charge in [0.15, 0.2) is 0 Å². The number of aromatic nitrogens is 4. The van der Waals surface area contributed by atoms with E-state index < -0.39 is 24.3 Å². The summed E-state index contributed by atoms with van der Waals surface area (Å²) in [6.45, 7) is 16.6. The second-order valence-electron chi connectivity index (χ2n) is 14.3. The van der Waals surface area contributed by atoms with E-state index >= 15 is 0 Å². The third-order valence-electron chi connectivity index (χ3n) is 10.3. The Labute approximate surface area is 347 Å². The van der Waals surface area contributed by atoms with Crippen LogP contribution in [0.15, 0.2) is 74.3 Å². The maximum absolute atomic E-state index is 13.6. The molecule has 0 fully saturated rings. The van der Waals surface area contributed by atoms with Gasteiger partial charge in [-0.1, -0.05) is 25.7 Å². The average Bonchev–Trinajstić information content (AvgIpc) is 3.94. The van der Waals surface area contributed by atoms with Crippen molar-refractivity contribution in [1.29, 1.82) is 0 Å². The number of nitrogens with one attached hydrogen (secondary N) is 4. The van der Waals surface area contributed by atoms with Gasteiger partial charge in [0.25, 0.3) is 0 Å². The second kappa shape index (κ2) is 18.7. The van der Waals surface area contributed by atoms with Gasteiger partial charge in [-0.25, -0.2) is 19.6 Å². The molecular formula is C43H50N8O9. The first-order chi connectivity index (χ1) is 28.9. The Hall–Kier alpha value is -7.04. The SMILES string of the molecule is C=CC(CN(Cc1ncc(-c2cc3c4c(c2)OCc2cc(-c5cnc(CN(CCC)C(=O)[C@H](C=C)NC(=O)OC)[nH]5)cc(c2-4)OC3)[nH]1)C(=O)[C@H](C)NC(=O)OC)C(=C)OC. The molecule has 17 nitrogen and oxygen atoms in total. The first kappa shape index (κ1) is 42.6. The maximum atomic E-state index is 13.6. The van der Waals surface area contributed by atoms with Gasteiger partial charge in [0.1, 0.15) is 48.4 Å². The van der Waals surface area contributed by atoms with Crippen molar-refractivity contribution >= 4 is 24.0 Å². The van der Waals surface area contributed by atoms with E-state index in [0.717, 1.165) is 39.1 Å². The van der Waals surface area contributed by atoms with Crippen LogP contribution >= 0.6 is 0 Å². The van der Waals surface area contributed by atoms with Gasteiger partial charge in [0, 0.05) is 46.5 Å². The standard InChI is InChI=1S/C43H50N8O9/c1-9-12-50(41(53)31(11-3)49-43(55)58-8)20-36-44-17-32(47-36)27-13-29-22-60-35-16-28(14-30-23-59-34(15-27)38(29)39(30)35)33-18-45-37(48-33)21-51(19-26(10-2)25(5)56-6)40(52)24(4)46-42(54)57-7/h10-11,13-18,24,26,31H,2-3,5,9,12,19-23H2,1,4,6-8H3,(H,44,47)(H,45,48)(H,46,54)(H,49,55)/t24-,26?,31-/m0/s1. The molecule has 0 radical (unpaired) electrons. The van der Waals surface area contributed by atoms with Crippen molar-refractivity contribution in [2.24, 2.45) is 5.92 Å². The zero-order valence-electron chi connectivity index (χ0n) is 34.4. The highest BCUT2D eigenvalue weighted by atomic mass is 16.5. The number of alkyl carbamates (subject to hydrolysis) is 2. The van der Waals surface area contributed by atoms with E-state index in [4.69, 9.17) is 18.9 Å². The molecule has 2 aliphatic heterocycles. The largest absolute Gasteiger partial charge is 0.501 e. The van der Waals surface area contributed by atoms with Gasteiger partial charge >= 0.3 is 12.2 Å². The normalized spacial score (nSPS) is 13.5. The van der Waals surface area contributed by atoms with Gasteiger partial charge in [-0.05, 0) is 37.6 Å². The quantitative estimate of drug-likeness (QED) is 0.0719. The molecule has 316 valence electrons. The Morgan fingerprint density at radius 3 is 1.82 bits per heavy atom. The number of imidazole rings is 2. The Balaban J connectivity index is 1.21. The van der Waals surface area contributed by atoms with E-state index in [-0.39, 0.29) is 37.4 Å². The van der Waals surface area contributed by atoms with Crippen molar-refractivity contribution < 1.29 is 42.9 Å². The molecule has 0 aliphatic carbocycles. The van der Waals surface area contributed by atoms with Crippen molar-refractivity contribution in [1.82, 2.24) is 40.4 Å². The first-order valence-corrected chi connectivity index (χ1v) is 19.3. The molecule has 2 aromatic heterocycles. The van der Waals surface area contributed by atoms with Crippen LogP contribution in [0.5, 0.6) is 11.5 Å². The smallest absolute Gasteiger partial charge is 0.407 e. The lowest BCUT2D eigenvalue weighted by Crippen LogP contribution is -2.48. The molecular weight excluding hydrogens is 773 g/mol. The summed E-state index contributed by atoms with van der Waals surface area (Å²) in [4.78, 5) is 69.6. The summed E-state index contributed by atoms with van der Waals surface area (Å²) in [5.74, 6) is 1.88. The number of H-pyrrole nitrogens is 2. The lowest BCUT2D eigenvalue weighted by Gasteiger charge is -2.30. The average molecular weight is 823 g/mol. The summed E-state index contributed by atoms with van der Waals surface area (Å²) in [6.07, 6.45) is 5.69. The molecule has 17 heteroatoms. The van der Waals surface area contributed by atoms with Crippen LogP contribution in [0, 0.1) is 5.92 Å². The minimum absolute atomic E-state index is 0.0983. The van der Waals surface area contributed by atoms with Gasteiger partial charge in [0.2, 0.25) is 11.8 Å². The van der Waals surface area contributed by atoms with Gasteiger partial charge in [0.05, 0.1) is 69.9 Å². The van der Waals surface area contributed by atoms with Crippen molar-refractivity contribution in [3.05, 3.63) is 97.1 Å². The van der Waals surface area contributed by atoms with E-state index in [9.17, 15) is 19.2 Å². The van der Waals surface area contributed by atoms with Crippen LogP contribution in [0.4, 0.5) is 9.59 Å². The summed E-state index contributed by atoms with van der Waals surface area (Å²) in [7, 11) is 3.97. The number of rotatable bonds is 18. The fourth-order valence-corrected chi connectivity index (χ4v) is 7.17. The fraction of sp³-hybridized carbons (Fsp3) is 0.349. The number of aromatic amines is 2.